The Balaban J connectivity index is 2.40. The van der Waals surface area contributed by atoms with E-state index in [0.29, 0.717) is 0 Å². The van der Waals surface area contributed by atoms with Gasteiger partial charge >= 0.3 is 0 Å². The highest BCUT2D eigenvalue weighted by molar-refractivity contribution is 9.10. The lowest BCUT2D eigenvalue weighted by atomic mass is 10.1. The van der Waals surface area contributed by atoms with E-state index in [9.17, 15) is 0 Å². The van der Waals surface area contributed by atoms with E-state index >= 15 is 0 Å². The third-order valence-corrected chi connectivity index (χ3v) is 4.24. The molecule has 3 nitrogen and oxygen atoms in total. The molecule has 1 unspecified atom stereocenters. The number of aromatic nitrogens is 1. The first-order valence-corrected chi connectivity index (χ1v) is 6.51. The highest BCUT2D eigenvalue weighted by Gasteiger charge is 2.17. The first-order chi connectivity index (χ1) is 7.72. The molecule has 0 fully saturated rings. The molecule has 2 heterocycles. The summed E-state index contributed by atoms with van der Waals surface area (Å²) in [5.41, 5.74) is 4.92. The van der Waals surface area contributed by atoms with Crippen molar-refractivity contribution in [3.63, 3.8) is 0 Å². The number of rotatable bonds is 3. The lowest BCUT2D eigenvalue weighted by Gasteiger charge is -2.14. The van der Waals surface area contributed by atoms with E-state index < -0.39 is 0 Å². The number of pyridine rings is 1. The van der Waals surface area contributed by atoms with Gasteiger partial charge in [-0.2, -0.15) is 0 Å². The van der Waals surface area contributed by atoms with E-state index in [2.05, 4.69) is 26.3 Å². The standard InChI is InChI=1S/C11H12BrN3S/c1-7-2-4-14-9(6-7)10(15-13)11-8(12)3-5-16-11/h2-6,10,15H,13H2,1H3. The van der Waals surface area contributed by atoms with E-state index in [0.717, 1.165) is 15.0 Å². The molecule has 0 saturated heterocycles. The molecule has 2 rings (SSSR count). The van der Waals surface area contributed by atoms with Gasteiger partial charge in [0.1, 0.15) is 0 Å². The summed E-state index contributed by atoms with van der Waals surface area (Å²) in [6.45, 7) is 2.04. The van der Waals surface area contributed by atoms with Gasteiger partial charge in [0.25, 0.3) is 0 Å². The Morgan fingerprint density at radius 2 is 2.31 bits per heavy atom. The molecule has 0 aliphatic rings. The number of thiophene rings is 1. The summed E-state index contributed by atoms with van der Waals surface area (Å²) in [5, 5.41) is 2.03. The molecule has 0 aliphatic carbocycles. The van der Waals surface area contributed by atoms with Crippen molar-refractivity contribution in [2.45, 2.75) is 13.0 Å². The molecule has 0 spiro atoms. The maximum absolute atomic E-state index is 5.61. The molecule has 2 aromatic rings. The van der Waals surface area contributed by atoms with Crippen LogP contribution in [0, 0.1) is 6.92 Å². The van der Waals surface area contributed by atoms with Gasteiger partial charge in [-0.3, -0.25) is 10.8 Å². The minimum atomic E-state index is -0.0609. The third-order valence-electron chi connectivity index (χ3n) is 2.31. The van der Waals surface area contributed by atoms with Gasteiger partial charge in [0.15, 0.2) is 0 Å². The summed E-state index contributed by atoms with van der Waals surface area (Å²) in [6, 6.07) is 5.96. The number of hydrogen-bond donors (Lipinski definition) is 2. The Morgan fingerprint density at radius 1 is 1.50 bits per heavy atom. The van der Waals surface area contributed by atoms with Gasteiger partial charge < -0.3 is 0 Å². The first-order valence-electron chi connectivity index (χ1n) is 4.84. The topological polar surface area (TPSA) is 50.9 Å². The summed E-state index contributed by atoms with van der Waals surface area (Å²) >= 11 is 5.16. The maximum Gasteiger partial charge on any atom is 0.0984 e. The van der Waals surface area contributed by atoms with Gasteiger partial charge in [-0.25, -0.2) is 5.43 Å². The average molecular weight is 298 g/mol. The third kappa shape index (κ3) is 2.32. The van der Waals surface area contributed by atoms with E-state index in [1.165, 1.54) is 5.56 Å². The van der Waals surface area contributed by atoms with Gasteiger partial charge in [-0.15, -0.1) is 11.3 Å². The molecular formula is C11H12BrN3S. The van der Waals surface area contributed by atoms with Gasteiger partial charge in [0.05, 0.1) is 11.7 Å². The largest absolute Gasteiger partial charge is 0.270 e. The maximum atomic E-state index is 5.61. The van der Waals surface area contributed by atoms with Crippen molar-refractivity contribution in [1.82, 2.24) is 10.4 Å². The molecule has 0 bridgehead atoms. The fourth-order valence-corrected chi connectivity index (χ4v) is 3.20. The second kappa shape index (κ2) is 5.05. The Kier molecular flexibility index (Phi) is 3.70. The number of hydrazine groups is 1. The Bertz CT molecular complexity index is 484. The van der Waals surface area contributed by atoms with Crippen LogP contribution >= 0.6 is 27.3 Å². The van der Waals surface area contributed by atoms with Crippen molar-refractivity contribution in [2.75, 3.05) is 0 Å². The van der Waals surface area contributed by atoms with E-state index in [-0.39, 0.29) is 6.04 Å². The summed E-state index contributed by atoms with van der Waals surface area (Å²) < 4.78 is 1.06. The van der Waals surface area contributed by atoms with E-state index in [1.807, 2.05) is 30.5 Å². The van der Waals surface area contributed by atoms with Crippen molar-refractivity contribution < 1.29 is 0 Å². The zero-order chi connectivity index (χ0) is 11.5. The molecule has 0 aromatic carbocycles. The van der Waals surface area contributed by atoms with Crippen LogP contribution in [-0.2, 0) is 0 Å². The lowest BCUT2D eigenvalue weighted by molar-refractivity contribution is 0.627. The number of nitrogens with zero attached hydrogens (tertiary/aromatic N) is 1. The summed E-state index contributed by atoms with van der Waals surface area (Å²) in [5.74, 6) is 5.61. The van der Waals surface area contributed by atoms with Crippen molar-refractivity contribution in [1.29, 1.82) is 0 Å². The monoisotopic (exact) mass is 297 g/mol. The van der Waals surface area contributed by atoms with Gasteiger partial charge in [0, 0.05) is 15.5 Å². The number of nitrogens with two attached hydrogens (primary N) is 1. The first kappa shape index (κ1) is 11.7. The minimum absolute atomic E-state index is 0.0609. The molecule has 16 heavy (non-hydrogen) atoms. The van der Waals surface area contributed by atoms with Crippen LogP contribution in [0.1, 0.15) is 22.2 Å². The Labute approximate surface area is 107 Å². The van der Waals surface area contributed by atoms with Gasteiger partial charge in [0.2, 0.25) is 0 Å². The Morgan fingerprint density at radius 3 is 2.88 bits per heavy atom. The predicted molar refractivity (Wildman–Crippen MR) is 70.2 cm³/mol. The molecule has 84 valence electrons. The van der Waals surface area contributed by atoms with Crippen molar-refractivity contribution in [2.24, 2.45) is 5.84 Å². The number of nitrogens with one attached hydrogen (secondary N) is 1. The highest BCUT2D eigenvalue weighted by atomic mass is 79.9. The summed E-state index contributed by atoms with van der Waals surface area (Å²) in [4.78, 5) is 5.49. The minimum Gasteiger partial charge on any atom is -0.270 e. The van der Waals surface area contributed by atoms with Crippen molar-refractivity contribution in [3.05, 3.63) is 50.4 Å². The number of hydrogen-bond acceptors (Lipinski definition) is 4. The second-order valence-electron chi connectivity index (χ2n) is 3.49. The SMILES string of the molecule is Cc1ccnc(C(NN)c2sccc2Br)c1. The van der Waals surface area contributed by atoms with Crippen LogP contribution in [-0.4, -0.2) is 4.98 Å². The van der Waals surface area contributed by atoms with E-state index in [4.69, 9.17) is 5.84 Å². The lowest BCUT2D eigenvalue weighted by Crippen LogP contribution is -2.29. The second-order valence-corrected chi connectivity index (χ2v) is 5.29. The molecular weight excluding hydrogens is 286 g/mol. The van der Waals surface area contributed by atoms with Crippen LogP contribution < -0.4 is 11.3 Å². The molecule has 0 amide bonds. The molecule has 1 atom stereocenters. The van der Waals surface area contributed by atoms with Crippen LogP contribution in [0.15, 0.2) is 34.2 Å². The Hall–Kier alpha value is -0.750. The fraction of sp³-hybridized carbons (Fsp3) is 0.182. The molecule has 0 saturated carbocycles. The molecule has 0 aliphatic heterocycles. The van der Waals surface area contributed by atoms with Crippen LogP contribution in [0.4, 0.5) is 0 Å². The molecule has 5 heteroatoms. The van der Waals surface area contributed by atoms with Crippen LogP contribution in [0.3, 0.4) is 0 Å². The average Bonchev–Trinajstić information content (AvgIpc) is 2.67. The predicted octanol–water partition coefficient (Wildman–Crippen LogP) is 2.77. The number of halogens is 1. The molecule has 3 N–H and O–H groups in total. The highest BCUT2D eigenvalue weighted by Crippen LogP contribution is 2.31. The fourth-order valence-electron chi connectivity index (χ4n) is 1.52. The van der Waals surface area contributed by atoms with Gasteiger partial charge in [-0.1, -0.05) is 0 Å². The summed E-state index contributed by atoms with van der Waals surface area (Å²) in [6.07, 6.45) is 1.80. The smallest absolute Gasteiger partial charge is 0.0984 e. The van der Waals surface area contributed by atoms with Crippen molar-refractivity contribution in [3.8, 4) is 0 Å². The van der Waals surface area contributed by atoms with Crippen LogP contribution in [0.25, 0.3) is 0 Å². The van der Waals surface area contributed by atoms with Gasteiger partial charge in [-0.05, 0) is 52.0 Å². The normalized spacial score (nSPS) is 12.7. The molecule has 0 radical (unpaired) electrons. The zero-order valence-corrected chi connectivity index (χ0v) is 11.2. The van der Waals surface area contributed by atoms with Crippen molar-refractivity contribution >= 4 is 27.3 Å². The van der Waals surface area contributed by atoms with Crippen LogP contribution in [0.2, 0.25) is 0 Å². The zero-order valence-electron chi connectivity index (χ0n) is 8.77. The summed E-state index contributed by atoms with van der Waals surface area (Å²) in [7, 11) is 0. The van der Waals surface area contributed by atoms with Crippen LogP contribution in [0.5, 0.6) is 0 Å². The number of aryl methyl sites for hydroxylation is 1. The quantitative estimate of drug-likeness (QED) is 0.677. The molecule has 2 aromatic heterocycles. The van der Waals surface area contributed by atoms with E-state index in [1.54, 1.807) is 17.5 Å².